The molecular formula is C7H15O3P. The van der Waals surface area contributed by atoms with Crippen LogP contribution < -0.4 is 0 Å². The highest BCUT2D eigenvalue weighted by molar-refractivity contribution is 7.54. The molecule has 1 aliphatic rings. The molecule has 0 aromatic rings. The van der Waals surface area contributed by atoms with Crippen LogP contribution in [-0.2, 0) is 13.6 Å². The molecule has 0 radical (unpaired) electrons. The van der Waals surface area contributed by atoms with Crippen molar-refractivity contribution in [3.05, 3.63) is 0 Å². The number of rotatable bonds is 1. The standard InChI is InChI=1S/C7H15O3P/c1-6(2)11(8)9-5-4-7(3)10-11/h6-7H,4-5H2,1-3H3. The molecule has 3 nitrogen and oxygen atoms in total. The van der Waals surface area contributed by atoms with E-state index in [1.807, 2.05) is 20.8 Å². The molecule has 2 unspecified atom stereocenters. The Morgan fingerprint density at radius 2 is 2.18 bits per heavy atom. The molecule has 1 saturated heterocycles. The summed E-state index contributed by atoms with van der Waals surface area (Å²) < 4.78 is 22.1. The van der Waals surface area contributed by atoms with Crippen molar-refractivity contribution < 1.29 is 13.6 Å². The Kier molecular flexibility index (Phi) is 2.74. The topological polar surface area (TPSA) is 35.5 Å². The summed E-state index contributed by atoms with van der Waals surface area (Å²) in [5.74, 6) is 0. The van der Waals surface area contributed by atoms with Crippen LogP contribution in [0, 0.1) is 0 Å². The summed E-state index contributed by atoms with van der Waals surface area (Å²) >= 11 is 0. The van der Waals surface area contributed by atoms with Crippen LogP contribution in [-0.4, -0.2) is 18.4 Å². The van der Waals surface area contributed by atoms with Gasteiger partial charge in [-0.3, -0.25) is 4.57 Å². The lowest BCUT2D eigenvalue weighted by Crippen LogP contribution is -2.20. The predicted molar refractivity (Wildman–Crippen MR) is 43.9 cm³/mol. The van der Waals surface area contributed by atoms with Gasteiger partial charge in [-0.1, -0.05) is 13.8 Å². The summed E-state index contributed by atoms with van der Waals surface area (Å²) in [6.45, 7) is 6.21. The zero-order valence-corrected chi connectivity index (χ0v) is 8.14. The van der Waals surface area contributed by atoms with Crippen molar-refractivity contribution in [2.45, 2.75) is 39.0 Å². The maximum absolute atomic E-state index is 11.7. The van der Waals surface area contributed by atoms with Gasteiger partial charge in [-0.2, -0.15) is 0 Å². The minimum atomic E-state index is -2.74. The molecule has 0 N–H and O–H groups in total. The minimum absolute atomic E-state index is 0.0229. The summed E-state index contributed by atoms with van der Waals surface area (Å²) in [6.07, 6.45) is 0.924. The van der Waals surface area contributed by atoms with Gasteiger partial charge >= 0.3 is 7.60 Å². The zero-order chi connectivity index (χ0) is 8.48. The third-order valence-corrected chi connectivity index (χ3v) is 4.22. The van der Waals surface area contributed by atoms with E-state index < -0.39 is 7.60 Å². The van der Waals surface area contributed by atoms with Gasteiger partial charge in [0.2, 0.25) is 0 Å². The van der Waals surface area contributed by atoms with Crippen LogP contribution in [0.15, 0.2) is 0 Å². The summed E-state index contributed by atoms with van der Waals surface area (Å²) in [4.78, 5) is 0. The summed E-state index contributed by atoms with van der Waals surface area (Å²) in [5.41, 5.74) is -0.0229. The van der Waals surface area contributed by atoms with Gasteiger partial charge in [-0.25, -0.2) is 0 Å². The van der Waals surface area contributed by atoms with Crippen LogP contribution in [0.5, 0.6) is 0 Å². The molecule has 1 rings (SSSR count). The van der Waals surface area contributed by atoms with Gasteiger partial charge in [-0.05, 0) is 13.3 Å². The molecule has 0 amide bonds. The third kappa shape index (κ3) is 2.05. The van der Waals surface area contributed by atoms with Crippen molar-refractivity contribution in [3.63, 3.8) is 0 Å². The Morgan fingerprint density at radius 3 is 2.55 bits per heavy atom. The predicted octanol–water partition coefficient (Wildman–Crippen LogP) is 2.41. The SMILES string of the molecule is CC1CCOP(=O)(C(C)C)O1. The summed E-state index contributed by atoms with van der Waals surface area (Å²) in [6, 6.07) is 0. The second kappa shape index (κ2) is 3.26. The fourth-order valence-electron chi connectivity index (χ4n) is 0.951. The molecule has 11 heavy (non-hydrogen) atoms. The maximum atomic E-state index is 11.7. The molecule has 0 spiro atoms. The van der Waals surface area contributed by atoms with Gasteiger partial charge in [0.25, 0.3) is 0 Å². The maximum Gasteiger partial charge on any atom is 0.333 e. The van der Waals surface area contributed by atoms with Crippen molar-refractivity contribution in [1.29, 1.82) is 0 Å². The van der Waals surface area contributed by atoms with Gasteiger partial charge < -0.3 is 9.05 Å². The molecule has 2 atom stereocenters. The van der Waals surface area contributed by atoms with Crippen LogP contribution in [0.2, 0.25) is 0 Å². The fourth-order valence-corrected chi connectivity index (χ4v) is 2.52. The van der Waals surface area contributed by atoms with E-state index in [2.05, 4.69) is 0 Å². The molecule has 4 heteroatoms. The molecule has 0 saturated carbocycles. The molecule has 0 aromatic carbocycles. The molecule has 1 aliphatic heterocycles. The van der Waals surface area contributed by atoms with Crippen molar-refractivity contribution in [2.24, 2.45) is 0 Å². The zero-order valence-electron chi connectivity index (χ0n) is 7.24. The second-order valence-corrected chi connectivity index (χ2v) is 5.75. The first-order valence-electron chi connectivity index (χ1n) is 3.97. The first kappa shape index (κ1) is 9.24. The smallest absolute Gasteiger partial charge is 0.308 e. The quantitative estimate of drug-likeness (QED) is 0.578. The Bertz CT molecular complexity index is 179. The summed E-state index contributed by atoms with van der Waals surface area (Å²) in [5, 5.41) is 0. The monoisotopic (exact) mass is 178 g/mol. The fraction of sp³-hybridized carbons (Fsp3) is 1.00. The van der Waals surface area contributed by atoms with E-state index in [0.29, 0.717) is 6.61 Å². The van der Waals surface area contributed by atoms with Crippen molar-refractivity contribution in [3.8, 4) is 0 Å². The first-order chi connectivity index (χ1) is 5.04. The normalized spacial score (nSPS) is 39.5. The van der Waals surface area contributed by atoms with Crippen LogP contribution in [0.1, 0.15) is 27.2 Å². The van der Waals surface area contributed by atoms with Gasteiger partial charge in [0.05, 0.1) is 18.4 Å². The third-order valence-electron chi connectivity index (χ3n) is 1.75. The van der Waals surface area contributed by atoms with Gasteiger partial charge in [0.1, 0.15) is 0 Å². The second-order valence-electron chi connectivity index (χ2n) is 3.17. The van der Waals surface area contributed by atoms with E-state index in [1.165, 1.54) is 0 Å². The Labute approximate surface area is 67.6 Å². The average Bonchev–Trinajstić information content (AvgIpc) is 1.86. The van der Waals surface area contributed by atoms with Crippen LogP contribution in [0.3, 0.4) is 0 Å². The number of hydrogen-bond donors (Lipinski definition) is 0. The Hall–Kier alpha value is 0.150. The van der Waals surface area contributed by atoms with Crippen molar-refractivity contribution in [2.75, 3.05) is 6.61 Å². The molecule has 1 heterocycles. The number of hydrogen-bond acceptors (Lipinski definition) is 3. The van der Waals surface area contributed by atoms with Crippen LogP contribution in [0.4, 0.5) is 0 Å². The highest BCUT2D eigenvalue weighted by atomic mass is 31.2. The molecule has 1 fully saturated rings. The van der Waals surface area contributed by atoms with E-state index in [0.717, 1.165) is 6.42 Å². The van der Waals surface area contributed by atoms with Crippen molar-refractivity contribution >= 4 is 7.60 Å². The lowest BCUT2D eigenvalue weighted by atomic mass is 10.3. The molecule has 66 valence electrons. The minimum Gasteiger partial charge on any atom is -0.308 e. The van der Waals surface area contributed by atoms with Crippen molar-refractivity contribution in [1.82, 2.24) is 0 Å². The van der Waals surface area contributed by atoms with E-state index in [1.54, 1.807) is 0 Å². The van der Waals surface area contributed by atoms with Gasteiger partial charge in [0.15, 0.2) is 0 Å². The average molecular weight is 178 g/mol. The van der Waals surface area contributed by atoms with Crippen LogP contribution >= 0.6 is 7.60 Å². The molecular weight excluding hydrogens is 163 g/mol. The van der Waals surface area contributed by atoms with Gasteiger partial charge in [-0.15, -0.1) is 0 Å². The molecule has 0 aliphatic carbocycles. The van der Waals surface area contributed by atoms with Gasteiger partial charge in [0, 0.05) is 0 Å². The lowest BCUT2D eigenvalue weighted by molar-refractivity contribution is 0.0891. The molecule has 0 bridgehead atoms. The van der Waals surface area contributed by atoms with E-state index in [4.69, 9.17) is 9.05 Å². The first-order valence-corrected chi connectivity index (χ1v) is 5.58. The summed E-state index contributed by atoms with van der Waals surface area (Å²) in [7, 11) is -2.74. The largest absolute Gasteiger partial charge is 0.333 e. The highest BCUT2D eigenvalue weighted by Crippen LogP contribution is 2.56. The highest BCUT2D eigenvalue weighted by Gasteiger charge is 2.34. The lowest BCUT2D eigenvalue weighted by Gasteiger charge is -2.29. The van der Waals surface area contributed by atoms with E-state index >= 15 is 0 Å². The Morgan fingerprint density at radius 1 is 1.55 bits per heavy atom. The van der Waals surface area contributed by atoms with Crippen LogP contribution in [0.25, 0.3) is 0 Å². The van der Waals surface area contributed by atoms with E-state index in [-0.39, 0.29) is 11.8 Å². The Balaban J connectivity index is 2.63. The van der Waals surface area contributed by atoms with E-state index in [9.17, 15) is 4.57 Å². The molecule has 0 aromatic heterocycles.